The van der Waals surface area contributed by atoms with Crippen LogP contribution in [-0.2, 0) is 13.0 Å². The van der Waals surface area contributed by atoms with Crippen molar-refractivity contribution >= 4 is 11.8 Å². The second-order valence-corrected chi connectivity index (χ2v) is 6.40. The van der Waals surface area contributed by atoms with E-state index < -0.39 is 0 Å². The molecule has 0 spiro atoms. The number of pyridine rings is 1. The first-order chi connectivity index (χ1) is 14.0. The fraction of sp³-hybridized carbons (Fsp3) is 0.136. The number of nitrogens with zero attached hydrogens (tertiary/aromatic N) is 1. The molecule has 0 aliphatic heterocycles. The van der Waals surface area contributed by atoms with E-state index in [-0.39, 0.29) is 41.1 Å². The van der Waals surface area contributed by atoms with Crippen LogP contribution in [0.4, 0.5) is 8.78 Å². The summed E-state index contributed by atoms with van der Waals surface area (Å²) in [6.07, 6.45) is 3.30. The van der Waals surface area contributed by atoms with Gasteiger partial charge in [0, 0.05) is 25.5 Å². The third kappa shape index (κ3) is 5.93. The molecule has 3 aromatic rings. The molecule has 0 saturated heterocycles. The zero-order chi connectivity index (χ0) is 20.6. The van der Waals surface area contributed by atoms with E-state index in [2.05, 4.69) is 15.6 Å². The molecule has 5 nitrogen and oxygen atoms in total. The van der Waals surface area contributed by atoms with Crippen molar-refractivity contribution in [2.24, 2.45) is 0 Å². The monoisotopic (exact) mass is 395 g/mol. The molecule has 0 aliphatic carbocycles. The van der Waals surface area contributed by atoms with Crippen molar-refractivity contribution in [2.45, 2.75) is 13.0 Å². The van der Waals surface area contributed by atoms with Crippen LogP contribution in [0, 0.1) is 11.6 Å². The second kappa shape index (κ2) is 9.54. The number of benzene rings is 2. The van der Waals surface area contributed by atoms with Gasteiger partial charge in [0.15, 0.2) is 0 Å². The summed E-state index contributed by atoms with van der Waals surface area (Å²) >= 11 is 0. The van der Waals surface area contributed by atoms with E-state index in [0.29, 0.717) is 13.0 Å². The predicted molar refractivity (Wildman–Crippen MR) is 104 cm³/mol. The standard InChI is InChI=1S/C22H19F2N3O2/c23-19-5-1-15(2-6-19)9-10-26-21(28)17-11-18(14-25-13-17)22(29)27-12-16-3-7-20(24)8-4-16/h1-8,11,13-14H,9-10,12H2,(H,26,28)(H,27,29). The van der Waals surface area contributed by atoms with Gasteiger partial charge in [0.1, 0.15) is 11.6 Å². The number of rotatable bonds is 7. The van der Waals surface area contributed by atoms with Crippen LogP contribution in [0.2, 0.25) is 0 Å². The van der Waals surface area contributed by atoms with Crippen molar-refractivity contribution in [2.75, 3.05) is 6.54 Å². The molecule has 7 heteroatoms. The lowest BCUT2D eigenvalue weighted by molar-refractivity contribution is 0.0950. The lowest BCUT2D eigenvalue weighted by Gasteiger charge is -2.08. The van der Waals surface area contributed by atoms with Gasteiger partial charge < -0.3 is 10.6 Å². The molecule has 0 atom stereocenters. The van der Waals surface area contributed by atoms with Crippen LogP contribution in [-0.4, -0.2) is 23.3 Å². The van der Waals surface area contributed by atoms with Crippen LogP contribution >= 0.6 is 0 Å². The quantitative estimate of drug-likeness (QED) is 0.645. The maximum absolute atomic E-state index is 12.9. The Morgan fingerprint density at radius 2 is 1.28 bits per heavy atom. The van der Waals surface area contributed by atoms with E-state index in [1.54, 1.807) is 24.3 Å². The molecule has 0 saturated carbocycles. The van der Waals surface area contributed by atoms with Crippen LogP contribution in [0.1, 0.15) is 31.8 Å². The van der Waals surface area contributed by atoms with Crippen LogP contribution < -0.4 is 10.6 Å². The van der Waals surface area contributed by atoms with Crippen LogP contribution in [0.3, 0.4) is 0 Å². The maximum atomic E-state index is 12.9. The largest absolute Gasteiger partial charge is 0.352 e. The van der Waals surface area contributed by atoms with Gasteiger partial charge in [-0.15, -0.1) is 0 Å². The summed E-state index contributed by atoms with van der Waals surface area (Å²) < 4.78 is 25.8. The number of hydrogen-bond donors (Lipinski definition) is 2. The van der Waals surface area contributed by atoms with E-state index in [4.69, 9.17) is 0 Å². The van der Waals surface area contributed by atoms with Gasteiger partial charge in [0.2, 0.25) is 0 Å². The third-order valence-corrected chi connectivity index (χ3v) is 4.24. The number of amides is 2. The minimum atomic E-state index is -0.386. The summed E-state index contributed by atoms with van der Waals surface area (Å²) in [5, 5.41) is 5.46. The molecule has 2 N–H and O–H groups in total. The highest BCUT2D eigenvalue weighted by molar-refractivity contribution is 5.99. The highest BCUT2D eigenvalue weighted by Gasteiger charge is 2.11. The van der Waals surface area contributed by atoms with E-state index in [1.165, 1.54) is 42.7 Å². The van der Waals surface area contributed by atoms with Crippen molar-refractivity contribution in [3.8, 4) is 0 Å². The summed E-state index contributed by atoms with van der Waals surface area (Å²) in [6.45, 7) is 0.596. The molecule has 29 heavy (non-hydrogen) atoms. The number of carbonyl (C=O) groups excluding carboxylic acids is 2. The fourth-order valence-electron chi connectivity index (χ4n) is 2.65. The zero-order valence-corrected chi connectivity index (χ0v) is 15.5. The maximum Gasteiger partial charge on any atom is 0.253 e. The Bertz CT molecular complexity index is 990. The number of hydrogen-bond acceptors (Lipinski definition) is 3. The molecule has 2 amide bonds. The molecule has 0 unspecified atom stereocenters. The summed E-state index contributed by atoms with van der Waals surface area (Å²) in [6, 6.07) is 13.3. The molecule has 2 aromatic carbocycles. The molecular formula is C22H19F2N3O2. The van der Waals surface area contributed by atoms with E-state index in [1.807, 2.05) is 0 Å². The Morgan fingerprint density at radius 1 is 0.759 bits per heavy atom. The highest BCUT2D eigenvalue weighted by Crippen LogP contribution is 2.06. The van der Waals surface area contributed by atoms with Gasteiger partial charge in [0.05, 0.1) is 11.1 Å². The Balaban J connectivity index is 1.53. The number of carbonyl (C=O) groups is 2. The van der Waals surface area contributed by atoms with Crippen molar-refractivity contribution in [1.82, 2.24) is 15.6 Å². The minimum Gasteiger partial charge on any atom is -0.352 e. The molecule has 0 bridgehead atoms. The summed E-state index contributed by atoms with van der Waals surface area (Å²) in [5.41, 5.74) is 2.16. The van der Waals surface area contributed by atoms with Crippen LogP contribution in [0.25, 0.3) is 0 Å². The predicted octanol–water partition coefficient (Wildman–Crippen LogP) is 3.26. The Kier molecular flexibility index (Phi) is 6.63. The Morgan fingerprint density at radius 3 is 1.86 bits per heavy atom. The summed E-state index contributed by atoms with van der Waals surface area (Å²) in [4.78, 5) is 28.6. The number of aromatic nitrogens is 1. The molecule has 3 rings (SSSR count). The SMILES string of the molecule is O=C(NCCc1ccc(F)cc1)c1cncc(C(=O)NCc2ccc(F)cc2)c1. The van der Waals surface area contributed by atoms with Crippen molar-refractivity contribution in [3.63, 3.8) is 0 Å². The van der Waals surface area contributed by atoms with Gasteiger partial charge in [0.25, 0.3) is 11.8 Å². The fourth-order valence-corrected chi connectivity index (χ4v) is 2.65. The summed E-state index contributed by atoms with van der Waals surface area (Å²) in [7, 11) is 0. The van der Waals surface area contributed by atoms with Gasteiger partial charge in [-0.25, -0.2) is 8.78 Å². The highest BCUT2D eigenvalue weighted by atomic mass is 19.1. The molecule has 0 aliphatic rings. The van der Waals surface area contributed by atoms with Gasteiger partial charge in [-0.05, 0) is 47.9 Å². The second-order valence-electron chi connectivity index (χ2n) is 6.40. The van der Waals surface area contributed by atoms with Gasteiger partial charge in [-0.1, -0.05) is 24.3 Å². The third-order valence-electron chi connectivity index (χ3n) is 4.24. The first kappa shape index (κ1) is 20.1. The molecular weight excluding hydrogens is 376 g/mol. The van der Waals surface area contributed by atoms with E-state index >= 15 is 0 Å². The van der Waals surface area contributed by atoms with Crippen LogP contribution in [0.15, 0.2) is 67.0 Å². The lowest BCUT2D eigenvalue weighted by atomic mass is 10.1. The summed E-state index contributed by atoms with van der Waals surface area (Å²) in [5.74, 6) is -1.39. The minimum absolute atomic E-state index is 0.229. The first-order valence-corrected chi connectivity index (χ1v) is 9.01. The van der Waals surface area contributed by atoms with Crippen molar-refractivity contribution in [3.05, 3.63) is 101 Å². The topological polar surface area (TPSA) is 71.1 Å². The average Bonchev–Trinajstić information content (AvgIpc) is 2.74. The van der Waals surface area contributed by atoms with Gasteiger partial charge >= 0.3 is 0 Å². The average molecular weight is 395 g/mol. The smallest absolute Gasteiger partial charge is 0.253 e. The molecule has 0 radical (unpaired) electrons. The molecule has 1 heterocycles. The van der Waals surface area contributed by atoms with Gasteiger partial charge in [-0.3, -0.25) is 14.6 Å². The molecule has 0 fully saturated rings. The lowest BCUT2D eigenvalue weighted by Crippen LogP contribution is -2.27. The molecule has 1 aromatic heterocycles. The van der Waals surface area contributed by atoms with Gasteiger partial charge in [-0.2, -0.15) is 0 Å². The van der Waals surface area contributed by atoms with Crippen molar-refractivity contribution < 1.29 is 18.4 Å². The van der Waals surface area contributed by atoms with E-state index in [0.717, 1.165) is 11.1 Å². The number of halogens is 2. The number of nitrogens with one attached hydrogen (secondary N) is 2. The van der Waals surface area contributed by atoms with Crippen molar-refractivity contribution in [1.29, 1.82) is 0 Å². The normalized spacial score (nSPS) is 10.4. The Hall–Kier alpha value is -3.61. The molecule has 148 valence electrons. The zero-order valence-electron chi connectivity index (χ0n) is 15.5. The Labute approximate surface area is 166 Å². The van der Waals surface area contributed by atoms with E-state index in [9.17, 15) is 18.4 Å². The van der Waals surface area contributed by atoms with Crippen LogP contribution in [0.5, 0.6) is 0 Å². The first-order valence-electron chi connectivity index (χ1n) is 9.01.